The molecular weight excluding hydrogens is 180 g/mol. The van der Waals surface area contributed by atoms with Crippen molar-refractivity contribution in [3.8, 4) is 0 Å². The second-order valence-corrected chi connectivity index (χ2v) is 5.06. The van der Waals surface area contributed by atoms with Crippen LogP contribution in [0.4, 0.5) is 0 Å². The van der Waals surface area contributed by atoms with Gasteiger partial charge >= 0.3 is 0 Å². The maximum atomic E-state index is 11.7. The molecule has 0 aromatic rings. The van der Waals surface area contributed by atoms with Gasteiger partial charge in [0.25, 0.3) is 0 Å². The number of hydrogen-bond acceptors (Lipinski definition) is 3. The van der Waals surface area contributed by atoms with Crippen LogP contribution in [0.5, 0.6) is 0 Å². The van der Waals surface area contributed by atoms with Crippen LogP contribution in [-0.2, 0) is 9.53 Å². The maximum absolute atomic E-state index is 11.7. The van der Waals surface area contributed by atoms with Gasteiger partial charge in [-0.3, -0.25) is 4.79 Å². The molecule has 80 valence electrons. The van der Waals surface area contributed by atoms with E-state index in [-0.39, 0.29) is 23.3 Å². The highest BCUT2D eigenvalue weighted by Gasteiger charge is 2.47. The number of rotatable bonds is 2. The largest absolute Gasteiger partial charge is 0.379 e. The molecule has 0 bridgehead atoms. The number of ether oxygens (including phenoxy) is 1. The van der Waals surface area contributed by atoms with Gasteiger partial charge in [-0.2, -0.15) is 0 Å². The molecule has 1 aliphatic carbocycles. The number of carbonyl (C=O) groups excluding carboxylic acids is 1. The van der Waals surface area contributed by atoms with Crippen LogP contribution in [-0.4, -0.2) is 31.2 Å². The summed E-state index contributed by atoms with van der Waals surface area (Å²) < 4.78 is 5.16. The number of nitrogens with one attached hydrogen (secondary N) is 1. The maximum Gasteiger partial charge on any atom is 0.227 e. The Kier molecular flexibility index (Phi) is 2.27. The van der Waals surface area contributed by atoms with Crippen molar-refractivity contribution in [2.24, 2.45) is 17.1 Å². The molecular formula is C10H18N2O2. The van der Waals surface area contributed by atoms with Gasteiger partial charge in [0, 0.05) is 12.1 Å². The molecule has 0 spiro atoms. The van der Waals surface area contributed by atoms with Crippen LogP contribution in [0.3, 0.4) is 0 Å². The molecule has 1 aliphatic heterocycles. The van der Waals surface area contributed by atoms with Crippen LogP contribution in [0.2, 0.25) is 0 Å². The lowest BCUT2D eigenvalue weighted by molar-refractivity contribution is -0.125. The highest BCUT2D eigenvalue weighted by atomic mass is 16.5. The topological polar surface area (TPSA) is 64.3 Å². The third-order valence-corrected chi connectivity index (χ3v) is 3.29. The molecule has 3 N–H and O–H groups in total. The Balaban J connectivity index is 1.84. The van der Waals surface area contributed by atoms with Gasteiger partial charge in [-0.05, 0) is 11.8 Å². The zero-order chi connectivity index (χ0) is 10.3. The first-order valence-corrected chi connectivity index (χ1v) is 5.14. The predicted molar refractivity (Wildman–Crippen MR) is 52.6 cm³/mol. The molecule has 4 nitrogen and oxygen atoms in total. The molecule has 0 radical (unpaired) electrons. The van der Waals surface area contributed by atoms with Crippen molar-refractivity contribution in [3.63, 3.8) is 0 Å². The second kappa shape index (κ2) is 3.21. The van der Waals surface area contributed by atoms with Gasteiger partial charge in [0.15, 0.2) is 0 Å². The summed E-state index contributed by atoms with van der Waals surface area (Å²) in [4.78, 5) is 11.7. The lowest BCUT2D eigenvalue weighted by Crippen LogP contribution is -2.42. The highest BCUT2D eigenvalue weighted by molar-refractivity contribution is 5.80. The SMILES string of the molecule is CC1(C)CC1NC(=O)C1COCC1N. The summed E-state index contributed by atoms with van der Waals surface area (Å²) in [5.74, 6) is -0.0861. The fourth-order valence-electron chi connectivity index (χ4n) is 1.83. The van der Waals surface area contributed by atoms with Gasteiger partial charge in [0.2, 0.25) is 5.91 Å². The van der Waals surface area contributed by atoms with Crippen LogP contribution in [0, 0.1) is 11.3 Å². The molecule has 0 aromatic heterocycles. The van der Waals surface area contributed by atoms with Crippen molar-refractivity contribution in [2.45, 2.75) is 32.4 Å². The van der Waals surface area contributed by atoms with Crippen molar-refractivity contribution in [3.05, 3.63) is 0 Å². The Bertz CT molecular complexity index is 253. The van der Waals surface area contributed by atoms with Gasteiger partial charge in [0.1, 0.15) is 0 Å². The fraction of sp³-hybridized carbons (Fsp3) is 0.900. The van der Waals surface area contributed by atoms with Crippen molar-refractivity contribution < 1.29 is 9.53 Å². The van der Waals surface area contributed by atoms with Crippen LogP contribution >= 0.6 is 0 Å². The number of hydrogen-bond donors (Lipinski definition) is 2. The Morgan fingerprint density at radius 1 is 1.50 bits per heavy atom. The normalized spacial score (nSPS) is 39.5. The van der Waals surface area contributed by atoms with E-state index in [1.54, 1.807) is 0 Å². The summed E-state index contributed by atoms with van der Waals surface area (Å²) in [6, 6.07) is 0.208. The van der Waals surface area contributed by atoms with E-state index in [0.717, 1.165) is 6.42 Å². The minimum atomic E-state index is -0.147. The Hall–Kier alpha value is -0.610. The van der Waals surface area contributed by atoms with Crippen molar-refractivity contribution >= 4 is 5.91 Å². The molecule has 4 heteroatoms. The number of carbonyl (C=O) groups is 1. The van der Waals surface area contributed by atoms with E-state index in [1.807, 2.05) is 0 Å². The Labute approximate surface area is 84.2 Å². The first-order chi connectivity index (χ1) is 6.50. The Morgan fingerprint density at radius 2 is 2.14 bits per heavy atom. The van der Waals surface area contributed by atoms with Crippen molar-refractivity contribution in [1.29, 1.82) is 0 Å². The summed E-state index contributed by atoms with van der Waals surface area (Å²) in [5.41, 5.74) is 6.03. The van der Waals surface area contributed by atoms with Gasteiger partial charge in [-0.15, -0.1) is 0 Å². The summed E-state index contributed by atoms with van der Waals surface area (Å²) >= 11 is 0. The van der Waals surface area contributed by atoms with E-state index in [1.165, 1.54) is 0 Å². The molecule has 3 unspecified atom stereocenters. The van der Waals surface area contributed by atoms with E-state index >= 15 is 0 Å². The molecule has 14 heavy (non-hydrogen) atoms. The number of amides is 1. The fourth-order valence-corrected chi connectivity index (χ4v) is 1.83. The summed E-state index contributed by atoms with van der Waals surface area (Å²) in [6.45, 7) is 5.29. The molecule has 3 atom stereocenters. The van der Waals surface area contributed by atoms with Crippen LogP contribution in [0.15, 0.2) is 0 Å². The van der Waals surface area contributed by atoms with Gasteiger partial charge in [-0.1, -0.05) is 13.8 Å². The summed E-state index contributed by atoms with van der Waals surface area (Å²) in [7, 11) is 0. The zero-order valence-corrected chi connectivity index (χ0v) is 8.75. The van der Waals surface area contributed by atoms with Gasteiger partial charge in [-0.25, -0.2) is 0 Å². The van der Waals surface area contributed by atoms with E-state index in [4.69, 9.17) is 10.5 Å². The van der Waals surface area contributed by atoms with Gasteiger partial charge < -0.3 is 15.8 Å². The average molecular weight is 198 g/mol. The van der Waals surface area contributed by atoms with E-state index in [9.17, 15) is 4.79 Å². The summed E-state index contributed by atoms with van der Waals surface area (Å²) in [5, 5.41) is 3.02. The molecule has 1 amide bonds. The van der Waals surface area contributed by atoms with E-state index in [0.29, 0.717) is 19.3 Å². The minimum absolute atomic E-state index is 0.0607. The standard InChI is InChI=1S/C10H18N2O2/c1-10(2)3-8(10)12-9(13)6-4-14-5-7(6)11/h6-8H,3-5,11H2,1-2H3,(H,12,13). The monoisotopic (exact) mass is 198 g/mol. The van der Waals surface area contributed by atoms with Crippen LogP contribution in [0.1, 0.15) is 20.3 Å². The third-order valence-electron chi connectivity index (χ3n) is 3.29. The lowest BCUT2D eigenvalue weighted by Gasteiger charge is -2.14. The molecule has 2 aliphatic rings. The molecule has 0 aromatic carbocycles. The van der Waals surface area contributed by atoms with Crippen LogP contribution in [0.25, 0.3) is 0 Å². The van der Waals surface area contributed by atoms with E-state index < -0.39 is 0 Å². The van der Waals surface area contributed by atoms with Crippen molar-refractivity contribution in [1.82, 2.24) is 5.32 Å². The summed E-state index contributed by atoms with van der Waals surface area (Å²) in [6.07, 6.45) is 1.07. The zero-order valence-electron chi connectivity index (χ0n) is 8.75. The average Bonchev–Trinajstić information content (AvgIpc) is 2.53. The lowest BCUT2D eigenvalue weighted by atomic mass is 10.0. The van der Waals surface area contributed by atoms with Crippen LogP contribution < -0.4 is 11.1 Å². The molecule has 1 saturated carbocycles. The molecule has 2 fully saturated rings. The Morgan fingerprint density at radius 3 is 2.57 bits per heavy atom. The highest BCUT2D eigenvalue weighted by Crippen LogP contribution is 2.44. The van der Waals surface area contributed by atoms with E-state index in [2.05, 4.69) is 19.2 Å². The molecule has 1 saturated heterocycles. The third kappa shape index (κ3) is 1.77. The first kappa shape index (κ1) is 9.93. The van der Waals surface area contributed by atoms with Gasteiger partial charge in [0.05, 0.1) is 19.1 Å². The smallest absolute Gasteiger partial charge is 0.227 e. The second-order valence-electron chi connectivity index (χ2n) is 5.06. The van der Waals surface area contributed by atoms with Crippen molar-refractivity contribution in [2.75, 3.05) is 13.2 Å². The first-order valence-electron chi connectivity index (χ1n) is 5.14. The number of nitrogens with two attached hydrogens (primary N) is 1. The molecule has 1 heterocycles. The minimum Gasteiger partial charge on any atom is -0.379 e. The predicted octanol–water partition coefficient (Wildman–Crippen LogP) is -0.125. The molecule has 2 rings (SSSR count). The quantitative estimate of drug-likeness (QED) is 0.650.